The zero-order chi connectivity index (χ0) is 27.9. The molecule has 0 amide bonds. The first-order valence-corrected chi connectivity index (χ1v) is 14.9. The zero-order valence-corrected chi connectivity index (χ0v) is 23.1. The normalized spacial score (nSPS) is 18.3. The first-order valence-electron chi connectivity index (χ1n) is 12.2. The Morgan fingerprint density at radius 1 is 1.21 bits per heavy atom. The second-order valence-electron chi connectivity index (χ2n) is 9.19. The van der Waals surface area contributed by atoms with Crippen molar-refractivity contribution < 1.29 is 33.5 Å². The average molecular weight is 572 g/mol. The number of carbonyl (C=O) groups is 1. The lowest BCUT2D eigenvalue weighted by molar-refractivity contribution is -0.149. The summed E-state index contributed by atoms with van der Waals surface area (Å²) in [5.41, 5.74) is -1.38. The molecule has 1 aliphatic carbocycles. The molecule has 3 rings (SSSR count). The van der Waals surface area contributed by atoms with E-state index in [9.17, 15) is 24.6 Å². The van der Waals surface area contributed by atoms with Gasteiger partial charge in [0.2, 0.25) is 0 Å². The molecule has 5 atom stereocenters. The molecule has 1 aliphatic rings. The summed E-state index contributed by atoms with van der Waals surface area (Å²) >= 11 is 5.72. The van der Waals surface area contributed by atoms with Crippen molar-refractivity contribution in [1.29, 1.82) is 0 Å². The van der Waals surface area contributed by atoms with Crippen LogP contribution in [0.3, 0.4) is 0 Å². The van der Waals surface area contributed by atoms with E-state index < -0.39 is 54.9 Å². The molecule has 0 radical (unpaired) electrons. The number of ether oxygens (including phenoxy) is 2. The molecule has 1 aromatic heterocycles. The van der Waals surface area contributed by atoms with Crippen LogP contribution in [0.5, 0.6) is 5.75 Å². The van der Waals surface area contributed by atoms with Crippen LogP contribution in [0.4, 0.5) is 0 Å². The summed E-state index contributed by atoms with van der Waals surface area (Å²) in [5, 5.41) is 23.8. The van der Waals surface area contributed by atoms with Crippen molar-refractivity contribution in [3.63, 3.8) is 0 Å². The van der Waals surface area contributed by atoms with Crippen molar-refractivity contribution in [1.82, 2.24) is 14.6 Å². The molecule has 1 fully saturated rings. The lowest BCUT2D eigenvalue weighted by atomic mass is 10.1. The molecule has 210 valence electrons. The Balaban J connectivity index is 1.82. The summed E-state index contributed by atoms with van der Waals surface area (Å²) in [6, 6.07) is 8.91. The number of nitrogens with one attached hydrogen (secondary N) is 2. The Labute approximate surface area is 225 Å². The number of para-hydroxylation sites is 1. The fourth-order valence-corrected chi connectivity index (χ4v) is 5.94. The van der Waals surface area contributed by atoms with Gasteiger partial charge in [0.1, 0.15) is 17.9 Å². The zero-order valence-electron chi connectivity index (χ0n) is 21.4. The monoisotopic (exact) mass is 571 g/mol. The molecule has 14 heteroatoms. The van der Waals surface area contributed by atoms with Crippen LogP contribution in [0.1, 0.15) is 39.8 Å². The Morgan fingerprint density at radius 3 is 2.47 bits per heavy atom. The van der Waals surface area contributed by atoms with E-state index in [0.717, 1.165) is 23.5 Å². The Bertz CT molecular complexity index is 1220. The molecule has 38 heavy (non-hydrogen) atoms. The number of nitrogens with zero attached hydrogens (tertiary/aromatic N) is 1. The van der Waals surface area contributed by atoms with Crippen molar-refractivity contribution >= 4 is 24.4 Å². The lowest BCUT2D eigenvalue weighted by Crippen LogP contribution is -2.42. The number of carbonyl (C=O) groups excluding carboxylic acids is 1. The minimum absolute atomic E-state index is 0.0592. The van der Waals surface area contributed by atoms with Crippen LogP contribution in [-0.2, 0) is 30.6 Å². The Hall–Kier alpha value is -2.38. The van der Waals surface area contributed by atoms with Crippen molar-refractivity contribution in [2.75, 3.05) is 13.2 Å². The number of aromatic amines is 1. The molecule has 4 unspecified atom stereocenters. The summed E-state index contributed by atoms with van der Waals surface area (Å²) in [5.74, 6) is -0.199. The van der Waals surface area contributed by atoms with Gasteiger partial charge in [0.15, 0.2) is 6.23 Å². The van der Waals surface area contributed by atoms with Gasteiger partial charge in [-0.15, -0.1) is 0 Å². The van der Waals surface area contributed by atoms with E-state index in [2.05, 4.69) is 10.1 Å². The van der Waals surface area contributed by atoms with Crippen LogP contribution < -0.4 is 20.9 Å². The van der Waals surface area contributed by atoms with Gasteiger partial charge in [-0.1, -0.05) is 18.2 Å². The standard InChI is InChI=1S/C24H34N3O9PS/c1-15(2)34-23(31)16(3)26-37(38,36-18-7-5-4-6-8-18)33-14-19(22(30)17-9-10-17)35-21(13-28)27-12-11-20(29)25-24(27)32/h4-8,11-12,15-17,19,21-22,28,30H,9-10,13-14H2,1-3H3,(H,26,38)(H,25,29,32)/t16?,19?,21?,22-,37?/m0/s1. The van der Waals surface area contributed by atoms with Gasteiger partial charge in [-0.3, -0.25) is 19.1 Å². The summed E-state index contributed by atoms with van der Waals surface area (Å²) in [4.78, 5) is 38.3. The highest BCUT2D eigenvalue weighted by Crippen LogP contribution is 2.46. The number of aliphatic hydroxyl groups is 2. The van der Waals surface area contributed by atoms with Crippen LogP contribution >= 0.6 is 6.64 Å². The maximum absolute atomic E-state index is 12.5. The number of hydrogen-bond donors (Lipinski definition) is 4. The lowest BCUT2D eigenvalue weighted by Gasteiger charge is -2.31. The third-order valence-corrected chi connectivity index (χ3v) is 8.07. The third kappa shape index (κ3) is 8.84. The largest absolute Gasteiger partial charge is 0.462 e. The number of benzene rings is 1. The van der Waals surface area contributed by atoms with Crippen molar-refractivity contribution in [2.24, 2.45) is 5.92 Å². The van der Waals surface area contributed by atoms with Crippen molar-refractivity contribution in [3.05, 3.63) is 63.4 Å². The summed E-state index contributed by atoms with van der Waals surface area (Å²) in [6.45, 7) is 0.695. The average Bonchev–Trinajstić information content (AvgIpc) is 3.70. The van der Waals surface area contributed by atoms with Crippen LogP contribution in [0.25, 0.3) is 0 Å². The smallest absolute Gasteiger partial charge is 0.330 e. The number of rotatable bonds is 15. The van der Waals surface area contributed by atoms with E-state index in [1.165, 1.54) is 6.20 Å². The van der Waals surface area contributed by atoms with Gasteiger partial charge in [-0.05, 0) is 63.5 Å². The Morgan fingerprint density at radius 2 is 1.89 bits per heavy atom. The van der Waals surface area contributed by atoms with Gasteiger partial charge in [-0.25, -0.2) is 9.88 Å². The third-order valence-electron chi connectivity index (χ3n) is 5.57. The van der Waals surface area contributed by atoms with Crippen LogP contribution in [-0.4, -0.2) is 63.3 Å². The van der Waals surface area contributed by atoms with E-state index in [4.69, 9.17) is 30.3 Å². The van der Waals surface area contributed by atoms with E-state index >= 15 is 0 Å². The van der Waals surface area contributed by atoms with Crippen LogP contribution in [0.15, 0.2) is 52.2 Å². The topological polar surface area (TPSA) is 161 Å². The molecule has 2 aromatic rings. The number of esters is 1. The Kier molecular flexibility index (Phi) is 10.8. The fourth-order valence-electron chi connectivity index (χ4n) is 3.52. The molecule has 1 aromatic carbocycles. The van der Waals surface area contributed by atoms with Gasteiger partial charge < -0.3 is 28.7 Å². The highest BCUT2D eigenvalue weighted by molar-refractivity contribution is 8.09. The summed E-state index contributed by atoms with van der Waals surface area (Å²) < 4.78 is 24.2. The highest BCUT2D eigenvalue weighted by Gasteiger charge is 2.39. The predicted octanol–water partition coefficient (Wildman–Crippen LogP) is 1.43. The minimum atomic E-state index is -3.43. The summed E-state index contributed by atoms with van der Waals surface area (Å²) in [7, 11) is 0. The number of H-pyrrole nitrogens is 1. The first-order chi connectivity index (χ1) is 18.0. The minimum Gasteiger partial charge on any atom is -0.462 e. The molecule has 0 spiro atoms. The SMILES string of the molecule is CC(C)OC(=O)C(C)NP(=S)(OCC(OC(CO)n1ccc(=O)[nH]c1=O)[C@@H](O)C1CC1)Oc1ccccc1. The van der Waals surface area contributed by atoms with Gasteiger partial charge >= 0.3 is 18.3 Å². The van der Waals surface area contributed by atoms with Gasteiger partial charge in [0.05, 0.1) is 25.4 Å². The van der Waals surface area contributed by atoms with Gasteiger partial charge in [-0.2, -0.15) is 0 Å². The molecule has 1 heterocycles. The van der Waals surface area contributed by atoms with Crippen molar-refractivity contribution in [2.45, 2.75) is 64.2 Å². The summed E-state index contributed by atoms with van der Waals surface area (Å²) in [6.07, 6.45) is -0.842. The number of aliphatic hydroxyl groups excluding tert-OH is 2. The molecular weight excluding hydrogens is 537 g/mol. The van der Waals surface area contributed by atoms with E-state index in [-0.39, 0.29) is 18.6 Å². The fraction of sp³-hybridized carbons (Fsp3) is 0.542. The van der Waals surface area contributed by atoms with E-state index in [1.807, 2.05) is 0 Å². The quantitative estimate of drug-likeness (QED) is 0.181. The second kappa shape index (κ2) is 13.6. The molecule has 0 aliphatic heterocycles. The number of aromatic nitrogens is 2. The number of hydrogen-bond acceptors (Lipinski definition) is 10. The maximum Gasteiger partial charge on any atom is 0.330 e. The second-order valence-corrected chi connectivity index (χ2v) is 12.3. The maximum atomic E-state index is 12.5. The van der Waals surface area contributed by atoms with Crippen LogP contribution in [0.2, 0.25) is 0 Å². The van der Waals surface area contributed by atoms with Crippen molar-refractivity contribution in [3.8, 4) is 5.75 Å². The molecule has 4 N–H and O–H groups in total. The first kappa shape index (κ1) is 30.2. The molecule has 1 saturated carbocycles. The van der Waals surface area contributed by atoms with Gasteiger partial charge in [0.25, 0.3) is 5.56 Å². The molecular formula is C24H34N3O9PS. The van der Waals surface area contributed by atoms with Crippen LogP contribution in [0, 0.1) is 5.92 Å². The van der Waals surface area contributed by atoms with E-state index in [0.29, 0.717) is 5.75 Å². The highest BCUT2D eigenvalue weighted by atomic mass is 32.5. The molecule has 0 saturated heterocycles. The molecule has 0 bridgehead atoms. The predicted molar refractivity (Wildman–Crippen MR) is 142 cm³/mol. The van der Waals surface area contributed by atoms with Gasteiger partial charge in [0, 0.05) is 12.3 Å². The van der Waals surface area contributed by atoms with E-state index in [1.54, 1.807) is 51.1 Å². The molecule has 12 nitrogen and oxygen atoms in total.